The van der Waals surface area contributed by atoms with Crippen LogP contribution in [0.25, 0.3) is 11.4 Å². The Morgan fingerprint density at radius 1 is 1.28 bits per heavy atom. The number of rotatable bonds is 6. The van der Waals surface area contributed by atoms with Crippen molar-refractivity contribution < 1.29 is 17.9 Å². The molecule has 1 aromatic heterocycles. The summed E-state index contributed by atoms with van der Waals surface area (Å²) in [5, 5.41) is 7.00. The Morgan fingerprint density at radius 2 is 1.96 bits per heavy atom. The average Bonchev–Trinajstić information content (AvgIpc) is 3.01. The Labute approximate surface area is 151 Å². The number of aromatic amines is 1. The van der Waals surface area contributed by atoms with E-state index in [4.69, 9.17) is 21.7 Å². The fourth-order valence-electron chi connectivity index (χ4n) is 2.64. The lowest BCUT2D eigenvalue weighted by atomic mass is 10.2. The Kier molecular flexibility index (Phi) is 5.64. The summed E-state index contributed by atoms with van der Waals surface area (Å²) in [7, 11) is -1.88. The third-order valence-electron chi connectivity index (χ3n) is 4.00. The second kappa shape index (κ2) is 7.75. The first-order valence-electron chi connectivity index (χ1n) is 7.86. The summed E-state index contributed by atoms with van der Waals surface area (Å²) in [5.74, 6) is 0.650. The second-order valence-corrected chi connectivity index (χ2v) is 7.86. The molecule has 1 aliphatic rings. The summed E-state index contributed by atoms with van der Waals surface area (Å²) >= 11 is 5.23. The van der Waals surface area contributed by atoms with Gasteiger partial charge in [-0.1, -0.05) is 0 Å². The largest absolute Gasteiger partial charge is 0.383 e. The summed E-state index contributed by atoms with van der Waals surface area (Å²) in [6, 6.07) is 6.67. The maximum absolute atomic E-state index is 12.7. The van der Waals surface area contributed by atoms with Gasteiger partial charge < -0.3 is 9.47 Å². The van der Waals surface area contributed by atoms with Gasteiger partial charge in [0.1, 0.15) is 0 Å². The fourth-order valence-corrected chi connectivity index (χ4v) is 4.27. The molecule has 3 rings (SSSR count). The highest BCUT2D eigenvalue weighted by Gasteiger charge is 2.26. The molecule has 0 atom stereocenters. The van der Waals surface area contributed by atoms with E-state index in [1.54, 1.807) is 31.4 Å². The van der Waals surface area contributed by atoms with Crippen LogP contribution in [-0.2, 0) is 26.0 Å². The molecule has 136 valence electrons. The molecule has 2 aromatic rings. The monoisotopic (exact) mass is 384 g/mol. The number of hydrogen-bond donors (Lipinski definition) is 1. The molecule has 0 bridgehead atoms. The van der Waals surface area contributed by atoms with Gasteiger partial charge in [-0.3, -0.25) is 9.67 Å². The number of aromatic nitrogens is 3. The highest BCUT2D eigenvalue weighted by Crippen LogP contribution is 2.22. The minimum absolute atomic E-state index is 0.260. The van der Waals surface area contributed by atoms with Crippen molar-refractivity contribution in [3.63, 3.8) is 0 Å². The van der Waals surface area contributed by atoms with Crippen LogP contribution < -0.4 is 0 Å². The van der Waals surface area contributed by atoms with Gasteiger partial charge in [-0.2, -0.15) is 9.40 Å². The molecule has 0 unspecified atom stereocenters. The lowest BCUT2D eigenvalue weighted by molar-refractivity contribution is 0.0730. The molecule has 1 aliphatic heterocycles. The standard InChI is InChI=1S/C15H20N4O4S2/c1-22-9-8-19-14(16-17-15(19)24)12-2-4-13(5-3-12)25(20,21)18-6-10-23-11-7-18/h2-5H,6-11H2,1H3,(H,17,24). The first-order chi connectivity index (χ1) is 12.0. The molecule has 25 heavy (non-hydrogen) atoms. The van der Waals surface area contributed by atoms with Crippen molar-refractivity contribution in [1.29, 1.82) is 0 Å². The Balaban J connectivity index is 1.87. The van der Waals surface area contributed by atoms with Crippen molar-refractivity contribution >= 4 is 22.2 Å². The van der Waals surface area contributed by atoms with Crippen molar-refractivity contribution in [3.05, 3.63) is 29.0 Å². The smallest absolute Gasteiger partial charge is 0.243 e. The van der Waals surface area contributed by atoms with Crippen LogP contribution in [0.2, 0.25) is 0 Å². The van der Waals surface area contributed by atoms with Gasteiger partial charge in [-0.15, -0.1) is 0 Å². The van der Waals surface area contributed by atoms with Crippen LogP contribution in [0.3, 0.4) is 0 Å². The lowest BCUT2D eigenvalue weighted by Gasteiger charge is -2.26. The molecule has 0 aliphatic carbocycles. The van der Waals surface area contributed by atoms with Crippen molar-refractivity contribution in [2.45, 2.75) is 11.4 Å². The molecule has 0 saturated carbocycles. The first kappa shape index (κ1) is 18.2. The van der Waals surface area contributed by atoms with Crippen molar-refractivity contribution in [2.75, 3.05) is 40.0 Å². The molecular weight excluding hydrogens is 364 g/mol. The van der Waals surface area contributed by atoms with E-state index >= 15 is 0 Å². The van der Waals surface area contributed by atoms with E-state index in [-0.39, 0.29) is 4.90 Å². The predicted molar refractivity (Wildman–Crippen MR) is 94.3 cm³/mol. The van der Waals surface area contributed by atoms with Gasteiger partial charge in [0.05, 0.1) is 31.3 Å². The number of morpholine rings is 1. The van der Waals surface area contributed by atoms with E-state index in [1.165, 1.54) is 4.31 Å². The summed E-state index contributed by atoms with van der Waals surface area (Å²) in [4.78, 5) is 0.260. The van der Waals surface area contributed by atoms with Gasteiger partial charge in [0.2, 0.25) is 10.0 Å². The molecule has 1 aromatic carbocycles. The summed E-state index contributed by atoms with van der Waals surface area (Å²) < 4.78 is 39.4. The van der Waals surface area contributed by atoms with Gasteiger partial charge in [0.25, 0.3) is 0 Å². The van der Waals surface area contributed by atoms with E-state index < -0.39 is 10.0 Å². The first-order valence-corrected chi connectivity index (χ1v) is 9.71. The van der Waals surface area contributed by atoms with Crippen molar-refractivity contribution in [1.82, 2.24) is 19.1 Å². The van der Waals surface area contributed by atoms with Crippen LogP contribution in [0.5, 0.6) is 0 Å². The molecular formula is C15H20N4O4S2. The quantitative estimate of drug-likeness (QED) is 0.755. The molecule has 1 N–H and O–H groups in total. The van der Waals surface area contributed by atoms with Gasteiger partial charge in [0.15, 0.2) is 10.6 Å². The van der Waals surface area contributed by atoms with E-state index in [0.717, 1.165) is 5.56 Å². The van der Waals surface area contributed by atoms with Gasteiger partial charge in [-0.05, 0) is 36.5 Å². The predicted octanol–water partition coefficient (Wildman–Crippen LogP) is 1.27. The van der Waals surface area contributed by atoms with E-state index in [0.29, 0.717) is 50.1 Å². The van der Waals surface area contributed by atoms with Crippen LogP contribution in [0.4, 0.5) is 0 Å². The number of ether oxygens (including phenoxy) is 2. The van der Waals surface area contributed by atoms with Crippen LogP contribution in [0, 0.1) is 4.77 Å². The highest BCUT2D eigenvalue weighted by molar-refractivity contribution is 7.89. The van der Waals surface area contributed by atoms with E-state index in [9.17, 15) is 8.42 Å². The van der Waals surface area contributed by atoms with Crippen LogP contribution in [0.1, 0.15) is 0 Å². The molecule has 1 fully saturated rings. The molecule has 0 amide bonds. The number of hydrogen-bond acceptors (Lipinski definition) is 6. The third kappa shape index (κ3) is 3.82. The number of H-pyrrole nitrogens is 1. The molecule has 10 heteroatoms. The number of nitrogens with zero attached hydrogens (tertiary/aromatic N) is 3. The maximum atomic E-state index is 12.7. The Bertz CT molecular complexity index is 868. The van der Waals surface area contributed by atoms with E-state index in [2.05, 4.69) is 10.2 Å². The zero-order valence-corrected chi connectivity index (χ0v) is 15.5. The van der Waals surface area contributed by atoms with Crippen LogP contribution in [-0.4, -0.2) is 67.5 Å². The van der Waals surface area contributed by atoms with Crippen molar-refractivity contribution in [3.8, 4) is 11.4 Å². The molecule has 0 radical (unpaired) electrons. The zero-order chi connectivity index (χ0) is 17.9. The second-order valence-electron chi connectivity index (χ2n) is 5.54. The topological polar surface area (TPSA) is 89.4 Å². The van der Waals surface area contributed by atoms with E-state index in [1.807, 2.05) is 4.57 Å². The minimum Gasteiger partial charge on any atom is -0.383 e. The molecule has 0 spiro atoms. The Hall–Kier alpha value is -1.59. The summed E-state index contributed by atoms with van der Waals surface area (Å²) in [6.45, 7) is 2.66. The van der Waals surface area contributed by atoms with Gasteiger partial charge in [0, 0.05) is 25.8 Å². The zero-order valence-electron chi connectivity index (χ0n) is 13.8. The van der Waals surface area contributed by atoms with Crippen LogP contribution >= 0.6 is 12.2 Å². The average molecular weight is 384 g/mol. The number of nitrogens with one attached hydrogen (secondary N) is 1. The minimum atomic E-state index is -3.50. The maximum Gasteiger partial charge on any atom is 0.243 e. The highest BCUT2D eigenvalue weighted by atomic mass is 32.2. The number of sulfonamides is 1. The number of methoxy groups -OCH3 is 1. The SMILES string of the molecule is COCCn1c(-c2ccc(S(=O)(=O)N3CCOCC3)cc2)n[nH]c1=S. The number of benzene rings is 1. The molecule has 1 saturated heterocycles. The summed E-state index contributed by atoms with van der Waals surface area (Å²) in [5.41, 5.74) is 0.782. The molecule has 2 heterocycles. The van der Waals surface area contributed by atoms with Crippen molar-refractivity contribution in [2.24, 2.45) is 0 Å². The third-order valence-corrected chi connectivity index (χ3v) is 6.22. The summed E-state index contributed by atoms with van der Waals surface area (Å²) in [6.07, 6.45) is 0. The lowest BCUT2D eigenvalue weighted by Crippen LogP contribution is -2.40. The van der Waals surface area contributed by atoms with Gasteiger partial charge >= 0.3 is 0 Å². The fraction of sp³-hybridized carbons (Fsp3) is 0.467. The van der Waals surface area contributed by atoms with Gasteiger partial charge in [-0.25, -0.2) is 8.42 Å². The normalized spacial score (nSPS) is 16.2. The Morgan fingerprint density at radius 3 is 2.60 bits per heavy atom. The van der Waals surface area contributed by atoms with Crippen LogP contribution in [0.15, 0.2) is 29.2 Å². The molecule has 8 nitrogen and oxygen atoms in total.